The number of imidazole rings is 1. The van der Waals surface area contributed by atoms with Crippen molar-refractivity contribution in [2.45, 2.75) is 46.3 Å². The summed E-state index contributed by atoms with van der Waals surface area (Å²) in [4.78, 5) is 7.47. The molecule has 1 fully saturated rings. The number of anilines is 1. The van der Waals surface area contributed by atoms with E-state index in [1.165, 1.54) is 18.5 Å². The minimum absolute atomic E-state index is 0.168. The minimum atomic E-state index is 0.168. The summed E-state index contributed by atoms with van der Waals surface area (Å²) in [6, 6.07) is 12.2. The van der Waals surface area contributed by atoms with E-state index in [1.807, 2.05) is 44.3 Å². The van der Waals surface area contributed by atoms with Gasteiger partial charge in [0.25, 0.3) is 0 Å². The predicted octanol–water partition coefficient (Wildman–Crippen LogP) is 4.60. The fourth-order valence-electron chi connectivity index (χ4n) is 3.89. The quantitative estimate of drug-likeness (QED) is 0.705. The molecular formula is C23H30N4O. The number of hydrogen-bond acceptors (Lipinski definition) is 4. The van der Waals surface area contributed by atoms with Crippen LogP contribution in [0.25, 0.3) is 16.9 Å². The summed E-state index contributed by atoms with van der Waals surface area (Å²) in [5.74, 6) is 1.71. The van der Waals surface area contributed by atoms with Crippen molar-refractivity contribution in [1.29, 1.82) is 0 Å². The molecule has 0 saturated carbocycles. The molecule has 0 aliphatic carbocycles. The highest BCUT2D eigenvalue weighted by Crippen LogP contribution is 2.29. The summed E-state index contributed by atoms with van der Waals surface area (Å²) in [5.41, 5.74) is 11.1. The van der Waals surface area contributed by atoms with Gasteiger partial charge in [0, 0.05) is 24.0 Å². The van der Waals surface area contributed by atoms with Gasteiger partial charge in [-0.05, 0) is 82.1 Å². The van der Waals surface area contributed by atoms with Crippen LogP contribution in [0.4, 0.5) is 5.69 Å². The fraction of sp³-hybridized carbons (Fsp3) is 0.435. The molecule has 3 heterocycles. The van der Waals surface area contributed by atoms with E-state index in [1.54, 1.807) is 0 Å². The maximum absolute atomic E-state index is 6.08. The Morgan fingerprint density at radius 2 is 1.82 bits per heavy atom. The standard InChI is InChI=1S/C23H30N4O/c1-16(2)28-20-7-4-18(5-8-20)23-21(15-26-12-10-17(3)11-13-26)27-14-19(24)6-9-22(27)25-23/h4-9,14,16-17H,10-13,15,24H2,1-3H3. The topological polar surface area (TPSA) is 55.8 Å². The molecule has 2 N–H and O–H groups in total. The molecule has 0 atom stereocenters. The van der Waals surface area contributed by atoms with Crippen LogP contribution in [0.15, 0.2) is 42.6 Å². The monoisotopic (exact) mass is 378 g/mol. The molecule has 1 aliphatic heterocycles. The van der Waals surface area contributed by atoms with Crippen LogP contribution >= 0.6 is 0 Å². The van der Waals surface area contributed by atoms with Gasteiger partial charge in [0.2, 0.25) is 0 Å². The second kappa shape index (κ2) is 7.84. The Bertz CT molecular complexity index is 937. The molecule has 1 aromatic carbocycles. The van der Waals surface area contributed by atoms with Gasteiger partial charge in [0.15, 0.2) is 0 Å². The van der Waals surface area contributed by atoms with Gasteiger partial charge >= 0.3 is 0 Å². The number of rotatable bonds is 5. The minimum Gasteiger partial charge on any atom is -0.491 e. The van der Waals surface area contributed by atoms with E-state index in [-0.39, 0.29) is 6.10 Å². The molecule has 0 unspecified atom stereocenters. The molecule has 1 aliphatic rings. The zero-order chi connectivity index (χ0) is 19.7. The van der Waals surface area contributed by atoms with Crippen molar-refractivity contribution >= 4 is 11.3 Å². The number of pyridine rings is 1. The van der Waals surface area contributed by atoms with Crippen LogP contribution < -0.4 is 10.5 Å². The van der Waals surface area contributed by atoms with Gasteiger partial charge in [-0.25, -0.2) is 4.98 Å². The van der Waals surface area contributed by atoms with Gasteiger partial charge in [-0.3, -0.25) is 4.90 Å². The van der Waals surface area contributed by atoms with Crippen LogP contribution in [0.5, 0.6) is 5.75 Å². The van der Waals surface area contributed by atoms with Crippen LogP contribution in [-0.4, -0.2) is 33.5 Å². The number of nitrogen functional groups attached to an aromatic ring is 1. The second-order valence-electron chi connectivity index (χ2n) is 8.25. The Kier molecular flexibility index (Phi) is 5.27. The third-order valence-electron chi connectivity index (χ3n) is 5.49. The molecule has 0 radical (unpaired) electrons. The van der Waals surface area contributed by atoms with E-state index in [2.05, 4.69) is 28.4 Å². The maximum Gasteiger partial charge on any atom is 0.137 e. The van der Waals surface area contributed by atoms with Crippen LogP contribution in [0.1, 0.15) is 39.3 Å². The van der Waals surface area contributed by atoms with E-state index in [4.69, 9.17) is 15.5 Å². The van der Waals surface area contributed by atoms with Crippen molar-refractivity contribution in [1.82, 2.24) is 14.3 Å². The number of aromatic nitrogens is 2. The van der Waals surface area contributed by atoms with Gasteiger partial charge in [-0.1, -0.05) is 6.92 Å². The van der Waals surface area contributed by atoms with E-state index < -0.39 is 0 Å². The second-order valence-corrected chi connectivity index (χ2v) is 8.25. The molecule has 5 nitrogen and oxygen atoms in total. The maximum atomic E-state index is 6.08. The summed E-state index contributed by atoms with van der Waals surface area (Å²) in [6.07, 6.45) is 4.68. The Balaban J connectivity index is 1.70. The first kappa shape index (κ1) is 18.8. The third-order valence-corrected chi connectivity index (χ3v) is 5.49. The van der Waals surface area contributed by atoms with Gasteiger partial charge in [-0.15, -0.1) is 0 Å². The first-order valence-corrected chi connectivity index (χ1v) is 10.3. The molecule has 0 bridgehead atoms. The fourth-order valence-corrected chi connectivity index (χ4v) is 3.89. The largest absolute Gasteiger partial charge is 0.491 e. The van der Waals surface area contributed by atoms with Gasteiger partial charge in [0.05, 0.1) is 17.5 Å². The van der Waals surface area contributed by atoms with Gasteiger partial charge in [0.1, 0.15) is 11.4 Å². The predicted molar refractivity (Wildman–Crippen MR) is 114 cm³/mol. The van der Waals surface area contributed by atoms with Gasteiger partial charge in [-0.2, -0.15) is 0 Å². The lowest BCUT2D eigenvalue weighted by atomic mass is 9.99. The highest BCUT2D eigenvalue weighted by atomic mass is 16.5. The van der Waals surface area contributed by atoms with Crippen molar-refractivity contribution in [2.75, 3.05) is 18.8 Å². The van der Waals surface area contributed by atoms with Crippen molar-refractivity contribution in [3.63, 3.8) is 0 Å². The molecule has 4 rings (SSSR count). The molecule has 5 heteroatoms. The van der Waals surface area contributed by atoms with Crippen LogP contribution in [0, 0.1) is 5.92 Å². The zero-order valence-electron chi connectivity index (χ0n) is 17.1. The van der Waals surface area contributed by atoms with Crippen molar-refractivity contribution in [2.24, 2.45) is 5.92 Å². The molecule has 0 spiro atoms. The lowest BCUT2D eigenvalue weighted by Gasteiger charge is -2.30. The van der Waals surface area contributed by atoms with Crippen LogP contribution in [0.2, 0.25) is 0 Å². The SMILES string of the molecule is CC1CCN(Cc2c(-c3ccc(OC(C)C)cc3)nc3ccc(N)cn23)CC1. The Morgan fingerprint density at radius 1 is 1.11 bits per heavy atom. The van der Waals surface area contributed by atoms with Crippen molar-refractivity contribution in [3.8, 4) is 17.0 Å². The third kappa shape index (κ3) is 3.99. The number of fused-ring (bicyclic) bond motifs is 1. The number of likely N-dealkylation sites (tertiary alicyclic amines) is 1. The van der Waals surface area contributed by atoms with E-state index >= 15 is 0 Å². The normalized spacial score (nSPS) is 16.1. The van der Waals surface area contributed by atoms with E-state index in [0.717, 1.165) is 53.9 Å². The highest BCUT2D eigenvalue weighted by molar-refractivity contribution is 5.68. The first-order valence-electron chi connectivity index (χ1n) is 10.3. The summed E-state index contributed by atoms with van der Waals surface area (Å²) in [6.45, 7) is 9.58. The summed E-state index contributed by atoms with van der Waals surface area (Å²) >= 11 is 0. The summed E-state index contributed by atoms with van der Waals surface area (Å²) < 4.78 is 7.95. The van der Waals surface area contributed by atoms with Crippen molar-refractivity contribution in [3.05, 3.63) is 48.3 Å². The molecule has 148 valence electrons. The Hall–Kier alpha value is -2.53. The highest BCUT2D eigenvalue weighted by Gasteiger charge is 2.21. The molecule has 1 saturated heterocycles. The molecule has 28 heavy (non-hydrogen) atoms. The average molecular weight is 379 g/mol. The number of nitrogens with two attached hydrogens (primary N) is 1. The van der Waals surface area contributed by atoms with E-state index in [9.17, 15) is 0 Å². The number of piperidine rings is 1. The lowest BCUT2D eigenvalue weighted by molar-refractivity contribution is 0.183. The Morgan fingerprint density at radius 3 is 2.50 bits per heavy atom. The molecule has 2 aromatic heterocycles. The number of benzene rings is 1. The molecule has 0 amide bonds. The average Bonchev–Trinajstić information content (AvgIpc) is 3.01. The smallest absolute Gasteiger partial charge is 0.137 e. The first-order chi connectivity index (χ1) is 13.5. The number of ether oxygens (including phenoxy) is 1. The van der Waals surface area contributed by atoms with Crippen LogP contribution in [-0.2, 0) is 6.54 Å². The summed E-state index contributed by atoms with van der Waals surface area (Å²) in [7, 11) is 0. The number of hydrogen-bond donors (Lipinski definition) is 1. The lowest BCUT2D eigenvalue weighted by Crippen LogP contribution is -2.32. The molecular weight excluding hydrogens is 348 g/mol. The van der Waals surface area contributed by atoms with Crippen molar-refractivity contribution < 1.29 is 4.74 Å². The summed E-state index contributed by atoms with van der Waals surface area (Å²) in [5, 5.41) is 0. The van der Waals surface area contributed by atoms with Gasteiger partial charge < -0.3 is 14.9 Å². The number of nitrogens with zero attached hydrogens (tertiary/aromatic N) is 3. The van der Waals surface area contributed by atoms with E-state index in [0.29, 0.717) is 0 Å². The Labute approximate surface area is 167 Å². The molecule has 3 aromatic rings. The zero-order valence-corrected chi connectivity index (χ0v) is 17.1. The van der Waals surface area contributed by atoms with Crippen LogP contribution in [0.3, 0.4) is 0 Å².